The summed E-state index contributed by atoms with van der Waals surface area (Å²) in [6.07, 6.45) is -1.26. The average Bonchev–Trinajstić information content (AvgIpc) is 3.00. The van der Waals surface area contributed by atoms with Crippen LogP contribution in [0.4, 0.5) is 17.6 Å². The molecule has 0 fully saturated rings. The number of hydrogen-bond donors (Lipinski definition) is 1. The van der Waals surface area contributed by atoms with Crippen LogP contribution in [0.15, 0.2) is 72.8 Å². The van der Waals surface area contributed by atoms with Crippen molar-refractivity contribution < 1.29 is 31.8 Å². The van der Waals surface area contributed by atoms with Gasteiger partial charge < -0.3 is 14.8 Å². The van der Waals surface area contributed by atoms with Crippen LogP contribution in [0.5, 0.6) is 5.75 Å². The third-order valence-electron chi connectivity index (χ3n) is 7.57. The molecule has 1 heterocycles. The van der Waals surface area contributed by atoms with Gasteiger partial charge in [-0.3, -0.25) is 0 Å². The number of nitrogens with zero attached hydrogens (tertiary/aromatic N) is 1. The molecule has 230 valence electrons. The highest BCUT2D eigenvalue weighted by atomic mass is 35.5. The molecule has 0 bridgehead atoms. The van der Waals surface area contributed by atoms with Gasteiger partial charge in [-0.2, -0.15) is 13.2 Å². The molecule has 1 aliphatic carbocycles. The lowest BCUT2D eigenvalue weighted by Gasteiger charge is -2.26. The summed E-state index contributed by atoms with van der Waals surface area (Å²) in [4.78, 5) is 16.6. The van der Waals surface area contributed by atoms with Crippen molar-refractivity contribution >= 4 is 17.6 Å². The summed E-state index contributed by atoms with van der Waals surface area (Å²) in [5.41, 5.74) is 4.19. The van der Waals surface area contributed by atoms with Crippen LogP contribution in [0.25, 0.3) is 11.1 Å². The molecule has 44 heavy (non-hydrogen) atoms. The van der Waals surface area contributed by atoms with E-state index in [0.29, 0.717) is 58.3 Å². The van der Waals surface area contributed by atoms with E-state index >= 15 is 0 Å². The highest BCUT2D eigenvalue weighted by Gasteiger charge is 2.30. The summed E-state index contributed by atoms with van der Waals surface area (Å²) in [6, 6.07) is 18.2. The second kappa shape index (κ2) is 13.8. The predicted molar refractivity (Wildman–Crippen MR) is 160 cm³/mol. The maximum atomic E-state index is 14.2. The zero-order chi connectivity index (χ0) is 31.3. The fraction of sp³-hybridized carbons (Fsp3) is 0.294. The lowest BCUT2D eigenvalue weighted by Crippen LogP contribution is -2.28. The van der Waals surface area contributed by atoms with E-state index in [-0.39, 0.29) is 18.5 Å². The average molecular weight is 627 g/mol. The molecule has 5 rings (SSSR count). The molecule has 1 aliphatic rings. The van der Waals surface area contributed by atoms with Crippen LogP contribution in [0.3, 0.4) is 0 Å². The van der Waals surface area contributed by atoms with E-state index in [4.69, 9.17) is 21.1 Å². The maximum absolute atomic E-state index is 14.2. The second-order valence-electron chi connectivity index (χ2n) is 10.5. The van der Waals surface area contributed by atoms with E-state index in [1.54, 1.807) is 37.3 Å². The Labute approximate surface area is 258 Å². The molecule has 3 aromatic carbocycles. The van der Waals surface area contributed by atoms with Gasteiger partial charge in [0.2, 0.25) is 0 Å². The highest BCUT2D eigenvalue weighted by Crippen LogP contribution is 2.33. The summed E-state index contributed by atoms with van der Waals surface area (Å²) in [5.74, 6) is -0.272. The largest absolute Gasteiger partial charge is 0.489 e. The summed E-state index contributed by atoms with van der Waals surface area (Å²) in [6.45, 7) is 2.74. The number of ether oxygens (including phenoxy) is 2. The van der Waals surface area contributed by atoms with E-state index in [1.165, 1.54) is 24.3 Å². The quantitative estimate of drug-likeness (QED) is 0.141. The molecule has 0 saturated heterocycles. The van der Waals surface area contributed by atoms with E-state index in [0.717, 1.165) is 42.7 Å². The minimum Gasteiger partial charge on any atom is -0.489 e. The number of carbonyl (C=O) groups excluding carboxylic acids is 1. The molecular formula is C34H31ClF4N2O3. The molecule has 0 spiro atoms. The summed E-state index contributed by atoms with van der Waals surface area (Å²) < 4.78 is 64.0. The molecule has 0 saturated carbocycles. The van der Waals surface area contributed by atoms with Gasteiger partial charge in [0.05, 0.1) is 12.2 Å². The minimum absolute atomic E-state index is 0.0578. The van der Waals surface area contributed by atoms with Gasteiger partial charge in [-0.25, -0.2) is 14.2 Å². The summed E-state index contributed by atoms with van der Waals surface area (Å²) >= 11 is 6.51. The van der Waals surface area contributed by atoms with Gasteiger partial charge in [0, 0.05) is 22.3 Å². The van der Waals surface area contributed by atoms with Crippen LogP contribution >= 0.6 is 11.6 Å². The number of carbonyl (C=O) groups is 1. The first-order valence-corrected chi connectivity index (χ1v) is 14.8. The molecule has 1 unspecified atom stereocenters. The van der Waals surface area contributed by atoms with Crippen molar-refractivity contribution in [3.8, 4) is 16.9 Å². The van der Waals surface area contributed by atoms with Crippen molar-refractivity contribution in [3.63, 3.8) is 0 Å². The Kier molecular flexibility index (Phi) is 9.86. The number of esters is 1. The van der Waals surface area contributed by atoms with Crippen molar-refractivity contribution in [2.45, 2.75) is 51.4 Å². The number of nitrogens with one attached hydrogen (secondary N) is 1. The maximum Gasteiger partial charge on any atom is 0.416 e. The van der Waals surface area contributed by atoms with Crippen LogP contribution in [0.2, 0.25) is 5.02 Å². The van der Waals surface area contributed by atoms with Crippen molar-refractivity contribution in [2.24, 2.45) is 0 Å². The van der Waals surface area contributed by atoms with Gasteiger partial charge in [0.25, 0.3) is 0 Å². The molecule has 5 nitrogen and oxygen atoms in total. The first-order chi connectivity index (χ1) is 21.1. The standard InChI is InChI=1S/C34H31ClF4N2O3/c1-2-43-33(42)31-14-13-27-29(4-3-5-30(27)41-31)40-17-16-23-18-26(36)12-15-32(23)44-20-24-7-6-22(19-28(24)35)21-8-10-25(11-9-21)34(37,38)39/h6-15,18-19,29,40H,2-5,16-17,20H2,1H3. The normalized spacial score (nSPS) is 14.6. The Hall–Kier alpha value is -3.95. The van der Waals surface area contributed by atoms with E-state index in [9.17, 15) is 22.4 Å². The van der Waals surface area contributed by atoms with E-state index in [2.05, 4.69) is 10.3 Å². The minimum atomic E-state index is -4.40. The number of hydrogen-bond acceptors (Lipinski definition) is 5. The van der Waals surface area contributed by atoms with Crippen molar-refractivity contribution in [2.75, 3.05) is 13.2 Å². The molecule has 1 aromatic heterocycles. The number of pyridine rings is 1. The van der Waals surface area contributed by atoms with Crippen molar-refractivity contribution in [1.82, 2.24) is 10.3 Å². The first-order valence-electron chi connectivity index (χ1n) is 14.4. The van der Waals surface area contributed by atoms with Gasteiger partial charge in [0.1, 0.15) is 23.9 Å². The van der Waals surface area contributed by atoms with E-state index in [1.807, 2.05) is 6.07 Å². The zero-order valence-corrected chi connectivity index (χ0v) is 24.8. The Bertz CT molecular complexity index is 1630. The monoisotopic (exact) mass is 626 g/mol. The van der Waals surface area contributed by atoms with Crippen LogP contribution in [0, 0.1) is 5.82 Å². The number of rotatable bonds is 10. The van der Waals surface area contributed by atoms with Crippen LogP contribution in [-0.2, 0) is 30.4 Å². The second-order valence-corrected chi connectivity index (χ2v) is 10.9. The summed E-state index contributed by atoms with van der Waals surface area (Å²) in [5, 5.41) is 3.95. The Morgan fingerprint density at radius 3 is 2.50 bits per heavy atom. The van der Waals surface area contributed by atoms with Gasteiger partial charge in [0.15, 0.2) is 0 Å². The Morgan fingerprint density at radius 2 is 1.77 bits per heavy atom. The number of alkyl halides is 3. The number of fused-ring (bicyclic) bond motifs is 1. The van der Waals surface area contributed by atoms with Gasteiger partial charge in [-0.15, -0.1) is 0 Å². The lowest BCUT2D eigenvalue weighted by molar-refractivity contribution is -0.137. The van der Waals surface area contributed by atoms with Crippen LogP contribution in [0.1, 0.15) is 64.2 Å². The third kappa shape index (κ3) is 7.57. The van der Waals surface area contributed by atoms with Crippen molar-refractivity contribution in [3.05, 3.63) is 117 Å². The van der Waals surface area contributed by atoms with Crippen LogP contribution in [-0.4, -0.2) is 24.1 Å². The number of halogens is 5. The third-order valence-corrected chi connectivity index (χ3v) is 7.92. The van der Waals surface area contributed by atoms with Crippen molar-refractivity contribution in [1.29, 1.82) is 0 Å². The molecule has 1 atom stereocenters. The number of aryl methyl sites for hydroxylation is 1. The number of benzene rings is 3. The van der Waals surface area contributed by atoms with Gasteiger partial charge in [-0.05, 0) is 104 Å². The Morgan fingerprint density at radius 1 is 1.00 bits per heavy atom. The summed E-state index contributed by atoms with van der Waals surface area (Å²) in [7, 11) is 0. The fourth-order valence-corrected chi connectivity index (χ4v) is 5.54. The van der Waals surface area contributed by atoms with Gasteiger partial charge >= 0.3 is 12.1 Å². The smallest absolute Gasteiger partial charge is 0.416 e. The predicted octanol–water partition coefficient (Wildman–Crippen LogP) is 8.53. The number of aromatic nitrogens is 1. The molecule has 10 heteroatoms. The van der Waals surface area contributed by atoms with Gasteiger partial charge in [-0.1, -0.05) is 41.9 Å². The van der Waals surface area contributed by atoms with Crippen LogP contribution < -0.4 is 10.1 Å². The molecule has 0 aliphatic heterocycles. The molecule has 4 aromatic rings. The molecule has 1 N–H and O–H groups in total. The van der Waals surface area contributed by atoms with E-state index < -0.39 is 17.7 Å². The lowest BCUT2D eigenvalue weighted by atomic mass is 9.91. The highest BCUT2D eigenvalue weighted by molar-refractivity contribution is 6.31. The molecule has 0 radical (unpaired) electrons. The first kappa shape index (κ1) is 31.5. The molecule has 0 amide bonds. The topological polar surface area (TPSA) is 60.5 Å². The zero-order valence-electron chi connectivity index (χ0n) is 24.0. The molecular weight excluding hydrogens is 596 g/mol. The SMILES string of the molecule is CCOC(=O)c1ccc2c(n1)CCCC2NCCc1cc(F)ccc1OCc1ccc(-c2ccc(C(F)(F)F)cc2)cc1Cl. The Balaban J connectivity index is 1.21. The fourth-order valence-electron chi connectivity index (χ4n) is 5.31.